The van der Waals surface area contributed by atoms with E-state index in [2.05, 4.69) is 6.92 Å². The number of likely N-dealkylation sites (tertiary alicyclic amines) is 2. The highest BCUT2D eigenvalue weighted by Gasteiger charge is 2.33. The zero-order chi connectivity index (χ0) is 18.3. The Bertz CT molecular complexity index is 843. The van der Waals surface area contributed by atoms with Crippen LogP contribution in [0, 0.1) is 0 Å². The Morgan fingerprint density at radius 1 is 1.27 bits per heavy atom. The number of benzene rings is 1. The summed E-state index contributed by atoms with van der Waals surface area (Å²) in [5.74, 6) is 1.21. The van der Waals surface area contributed by atoms with Crippen molar-refractivity contribution in [2.24, 2.45) is 0 Å². The molecule has 1 aromatic carbocycles. The van der Waals surface area contributed by atoms with Crippen LogP contribution >= 0.6 is 0 Å². The maximum Gasteiger partial charge on any atom is 0.242 e. The predicted octanol–water partition coefficient (Wildman–Crippen LogP) is 2.38. The molecule has 2 saturated heterocycles. The van der Waals surface area contributed by atoms with Gasteiger partial charge in [-0.2, -0.15) is 0 Å². The van der Waals surface area contributed by atoms with Gasteiger partial charge in [-0.1, -0.05) is 12.1 Å². The Morgan fingerprint density at radius 3 is 2.81 bits per heavy atom. The van der Waals surface area contributed by atoms with Gasteiger partial charge in [-0.05, 0) is 38.3 Å². The first kappa shape index (κ1) is 17.1. The van der Waals surface area contributed by atoms with E-state index in [4.69, 9.17) is 4.98 Å². The first-order valence-electron chi connectivity index (χ1n) is 9.53. The molecular weight excluding hydrogens is 328 g/mol. The number of hydrogen-bond acceptors (Lipinski definition) is 3. The van der Waals surface area contributed by atoms with Gasteiger partial charge in [0.1, 0.15) is 12.4 Å². The van der Waals surface area contributed by atoms with Gasteiger partial charge in [-0.15, -0.1) is 0 Å². The third-order valence-corrected chi connectivity index (χ3v) is 5.81. The molecule has 0 spiro atoms. The third kappa shape index (κ3) is 2.97. The fraction of sp³-hybridized carbons (Fsp3) is 0.550. The van der Waals surface area contributed by atoms with Crippen molar-refractivity contribution < 1.29 is 9.59 Å². The van der Waals surface area contributed by atoms with E-state index in [0.29, 0.717) is 25.6 Å². The number of imidazole rings is 1. The van der Waals surface area contributed by atoms with E-state index in [-0.39, 0.29) is 17.7 Å². The first-order valence-corrected chi connectivity index (χ1v) is 9.53. The molecule has 2 aromatic rings. The topological polar surface area (TPSA) is 58.4 Å². The lowest BCUT2D eigenvalue weighted by Gasteiger charge is -2.33. The van der Waals surface area contributed by atoms with Crippen LogP contribution in [-0.2, 0) is 16.1 Å². The average molecular weight is 354 g/mol. The van der Waals surface area contributed by atoms with Crippen LogP contribution in [0.5, 0.6) is 0 Å². The van der Waals surface area contributed by atoms with Crippen LogP contribution in [0.4, 0.5) is 0 Å². The van der Waals surface area contributed by atoms with Gasteiger partial charge in [0.25, 0.3) is 0 Å². The fourth-order valence-corrected chi connectivity index (χ4v) is 4.30. The molecule has 2 fully saturated rings. The molecule has 0 saturated carbocycles. The lowest BCUT2D eigenvalue weighted by atomic mass is 10.0. The predicted molar refractivity (Wildman–Crippen MR) is 99.8 cm³/mol. The van der Waals surface area contributed by atoms with Crippen molar-refractivity contribution in [1.29, 1.82) is 0 Å². The van der Waals surface area contributed by atoms with Gasteiger partial charge in [0.15, 0.2) is 0 Å². The van der Waals surface area contributed by atoms with Gasteiger partial charge >= 0.3 is 0 Å². The maximum atomic E-state index is 13.0. The number of fused-ring (bicyclic) bond motifs is 1. The molecule has 2 atom stereocenters. The molecule has 0 N–H and O–H groups in total. The Kier molecular flexibility index (Phi) is 4.42. The third-order valence-electron chi connectivity index (χ3n) is 5.81. The molecule has 6 heteroatoms. The van der Waals surface area contributed by atoms with E-state index >= 15 is 0 Å². The molecule has 3 heterocycles. The number of carbonyl (C=O) groups is 2. The van der Waals surface area contributed by atoms with E-state index < -0.39 is 0 Å². The largest absolute Gasteiger partial charge is 0.345 e. The number of aromatic nitrogens is 2. The molecule has 1 aromatic heterocycles. The lowest BCUT2D eigenvalue weighted by Crippen LogP contribution is -2.43. The van der Waals surface area contributed by atoms with Gasteiger partial charge in [0, 0.05) is 38.5 Å². The van der Waals surface area contributed by atoms with Crippen LogP contribution in [0.3, 0.4) is 0 Å². The highest BCUT2D eigenvalue weighted by Crippen LogP contribution is 2.30. The second-order valence-corrected chi connectivity index (χ2v) is 7.65. The van der Waals surface area contributed by atoms with Crippen molar-refractivity contribution in [2.45, 2.75) is 51.1 Å². The Labute approximate surface area is 153 Å². The van der Waals surface area contributed by atoms with Crippen LogP contribution in [0.15, 0.2) is 24.3 Å². The summed E-state index contributed by atoms with van der Waals surface area (Å²) < 4.78 is 2.04. The van der Waals surface area contributed by atoms with Crippen LogP contribution in [0.25, 0.3) is 11.0 Å². The Morgan fingerprint density at radius 2 is 2.08 bits per heavy atom. The van der Waals surface area contributed by atoms with Crippen molar-refractivity contribution in [3.8, 4) is 0 Å². The summed E-state index contributed by atoms with van der Waals surface area (Å²) in [6.07, 6.45) is 3.82. The number of nitrogens with zero attached hydrogens (tertiary/aromatic N) is 4. The minimum atomic E-state index is 0.0477. The maximum absolute atomic E-state index is 13.0. The summed E-state index contributed by atoms with van der Waals surface area (Å²) in [6.45, 7) is 3.94. The first-order chi connectivity index (χ1) is 12.5. The average Bonchev–Trinajstić information content (AvgIpc) is 3.16. The summed E-state index contributed by atoms with van der Waals surface area (Å²) in [6, 6.07) is 8.23. The zero-order valence-electron chi connectivity index (χ0n) is 15.5. The zero-order valence-corrected chi connectivity index (χ0v) is 15.5. The second-order valence-electron chi connectivity index (χ2n) is 7.65. The van der Waals surface area contributed by atoms with E-state index in [1.54, 1.807) is 4.90 Å². The summed E-state index contributed by atoms with van der Waals surface area (Å²) in [7, 11) is 1.83. The summed E-state index contributed by atoms with van der Waals surface area (Å²) in [5, 5.41) is 0. The molecule has 0 aliphatic carbocycles. The number of amides is 2. The SMILES string of the molecule is CC1CCCCN1C(=O)Cn1c(C2CC(=O)N(C)C2)nc2ccccc21. The second kappa shape index (κ2) is 6.74. The molecule has 2 aliphatic heterocycles. The van der Waals surface area contributed by atoms with Gasteiger partial charge in [-0.3, -0.25) is 9.59 Å². The van der Waals surface area contributed by atoms with Crippen LogP contribution in [0.2, 0.25) is 0 Å². The van der Waals surface area contributed by atoms with Crippen LogP contribution < -0.4 is 0 Å². The van der Waals surface area contributed by atoms with Crippen molar-refractivity contribution in [3.63, 3.8) is 0 Å². The number of para-hydroxylation sites is 2. The van der Waals surface area contributed by atoms with Gasteiger partial charge in [-0.25, -0.2) is 4.98 Å². The molecule has 6 nitrogen and oxygen atoms in total. The summed E-state index contributed by atoms with van der Waals surface area (Å²) in [5.41, 5.74) is 1.87. The van der Waals surface area contributed by atoms with Crippen molar-refractivity contribution in [2.75, 3.05) is 20.1 Å². The molecule has 2 aliphatic rings. The van der Waals surface area contributed by atoms with Crippen LogP contribution in [-0.4, -0.2) is 57.3 Å². The lowest BCUT2D eigenvalue weighted by molar-refractivity contribution is -0.135. The van der Waals surface area contributed by atoms with E-state index in [1.165, 1.54) is 6.42 Å². The molecule has 2 unspecified atom stereocenters. The normalized spacial score (nSPS) is 23.8. The highest BCUT2D eigenvalue weighted by molar-refractivity contribution is 5.83. The van der Waals surface area contributed by atoms with Crippen molar-refractivity contribution in [1.82, 2.24) is 19.4 Å². The molecule has 2 amide bonds. The molecule has 138 valence electrons. The highest BCUT2D eigenvalue weighted by atomic mass is 16.2. The smallest absolute Gasteiger partial charge is 0.242 e. The Hall–Kier alpha value is -2.37. The Balaban J connectivity index is 1.67. The number of likely N-dealkylation sites (N-methyl/N-ethyl adjacent to an activating group) is 1. The number of piperidine rings is 1. The monoisotopic (exact) mass is 354 g/mol. The molecule has 26 heavy (non-hydrogen) atoms. The standard InChI is InChI=1S/C20H26N4O2/c1-14-7-5-6-10-23(14)19(26)13-24-17-9-4-3-8-16(17)21-20(24)15-11-18(25)22(2)12-15/h3-4,8-9,14-15H,5-7,10-13H2,1-2H3. The van der Waals surface area contributed by atoms with Crippen molar-refractivity contribution in [3.05, 3.63) is 30.1 Å². The number of rotatable bonds is 3. The van der Waals surface area contributed by atoms with Gasteiger partial charge in [0.2, 0.25) is 11.8 Å². The van der Waals surface area contributed by atoms with Crippen LogP contribution in [0.1, 0.15) is 44.3 Å². The van der Waals surface area contributed by atoms with E-state index in [1.807, 2.05) is 40.8 Å². The van der Waals surface area contributed by atoms with E-state index in [0.717, 1.165) is 36.2 Å². The van der Waals surface area contributed by atoms with Gasteiger partial charge in [0.05, 0.1) is 11.0 Å². The van der Waals surface area contributed by atoms with Crippen molar-refractivity contribution >= 4 is 22.8 Å². The minimum Gasteiger partial charge on any atom is -0.345 e. The number of carbonyl (C=O) groups excluding carboxylic acids is 2. The fourth-order valence-electron chi connectivity index (χ4n) is 4.30. The molecule has 0 bridgehead atoms. The minimum absolute atomic E-state index is 0.0477. The summed E-state index contributed by atoms with van der Waals surface area (Å²) >= 11 is 0. The molecule has 4 rings (SSSR count). The summed E-state index contributed by atoms with van der Waals surface area (Å²) in [4.78, 5) is 33.6. The quantitative estimate of drug-likeness (QED) is 0.850. The van der Waals surface area contributed by atoms with E-state index in [9.17, 15) is 9.59 Å². The van der Waals surface area contributed by atoms with Gasteiger partial charge < -0.3 is 14.4 Å². The molecule has 0 radical (unpaired) electrons. The molecular formula is C20H26N4O2. The number of hydrogen-bond donors (Lipinski definition) is 0.